The summed E-state index contributed by atoms with van der Waals surface area (Å²) in [5.74, 6) is -1.02. The second-order valence-electron chi connectivity index (χ2n) is 14.6. The lowest BCUT2D eigenvalue weighted by Gasteiger charge is -2.23. The molecule has 330 valence electrons. The Bertz CT molecular complexity index is 3110. The van der Waals surface area contributed by atoms with Crippen LogP contribution in [-0.2, 0) is 35.8 Å². The maximum atomic E-state index is 12.4. The van der Waals surface area contributed by atoms with Crippen molar-refractivity contribution in [3.05, 3.63) is 95.3 Å². The lowest BCUT2D eigenvalue weighted by Crippen LogP contribution is -2.15. The molecule has 0 amide bonds. The summed E-state index contributed by atoms with van der Waals surface area (Å²) in [7, 11) is -13.7. The molecule has 0 aliphatic heterocycles. The Labute approximate surface area is 363 Å². The standard InChI is InChI=1S/C40H41N9O11S3/c1-7-9-11-33-29(8-2)42-38-28(23-41)36(40(4,5)6)37(39(50)49(33)38)48-47-32-20-24(3)31(22-34(32)60-18-10-19-61(51,52)53)46-45-30-17-14-26(21-35(30)63(57,58)59)44-43-25-12-15-27(16-13-25)62(54,55)56/h8-9,11-17,20-22,50H,2,7,10,18-19H2,1,3-6H3,(H,51,52,53)(H,54,55,56)(H,57,58,59). The zero-order valence-electron chi connectivity index (χ0n) is 34.4. The number of rotatable bonds is 16. The molecule has 0 bridgehead atoms. The fraction of sp³-hybridized carbons (Fsp3) is 0.250. The van der Waals surface area contributed by atoms with Crippen LogP contribution in [0, 0.1) is 18.3 Å². The molecule has 2 heterocycles. The molecule has 0 fully saturated rings. The number of imidazole rings is 1. The first-order chi connectivity index (χ1) is 29.5. The van der Waals surface area contributed by atoms with E-state index in [4.69, 9.17) is 4.74 Å². The van der Waals surface area contributed by atoms with Gasteiger partial charge in [-0.25, -0.2) is 4.98 Å². The maximum absolute atomic E-state index is 12.4. The zero-order valence-corrected chi connectivity index (χ0v) is 36.8. The molecule has 0 aliphatic carbocycles. The summed E-state index contributed by atoms with van der Waals surface area (Å²) < 4.78 is 106. The lowest BCUT2D eigenvalue weighted by molar-refractivity contribution is 0.317. The highest BCUT2D eigenvalue weighted by Crippen LogP contribution is 2.45. The van der Waals surface area contributed by atoms with Gasteiger partial charge in [-0.05, 0) is 91.4 Å². The number of aromatic nitrogens is 2. The van der Waals surface area contributed by atoms with E-state index in [2.05, 4.69) is 48.3 Å². The van der Waals surface area contributed by atoms with Crippen LogP contribution in [0.5, 0.6) is 11.6 Å². The second-order valence-corrected chi connectivity index (χ2v) is 19.0. The van der Waals surface area contributed by atoms with E-state index < -0.39 is 46.4 Å². The summed E-state index contributed by atoms with van der Waals surface area (Å²) in [6.45, 7) is 12.6. The molecule has 0 radical (unpaired) electrons. The molecule has 4 N–H and O–H groups in total. The van der Waals surface area contributed by atoms with Crippen LogP contribution < -0.4 is 4.74 Å². The third-order valence-electron chi connectivity index (χ3n) is 8.88. The van der Waals surface area contributed by atoms with Crippen molar-refractivity contribution in [2.24, 2.45) is 30.7 Å². The predicted molar refractivity (Wildman–Crippen MR) is 232 cm³/mol. The molecule has 5 aromatic rings. The third kappa shape index (κ3) is 11.5. The van der Waals surface area contributed by atoms with E-state index in [1.807, 2.05) is 33.8 Å². The SMILES string of the molecule is C=Cc1nc2c(C#N)c(C(C)(C)C)c(N=Nc3cc(C)c(N=Nc4ccc(N=Nc5ccc(S(=O)(=O)O)cc5)cc4S(=O)(=O)O)cc3OCCCS(=O)(=O)O)c(O)n2c1C=CCC. The minimum atomic E-state index is -4.92. The van der Waals surface area contributed by atoms with Crippen molar-refractivity contribution in [2.75, 3.05) is 12.4 Å². The molecular formula is C40H41N9O11S3. The van der Waals surface area contributed by atoms with Crippen LogP contribution in [0.1, 0.15) is 68.6 Å². The van der Waals surface area contributed by atoms with Gasteiger partial charge in [0, 0.05) is 11.6 Å². The highest BCUT2D eigenvalue weighted by Gasteiger charge is 2.31. The highest BCUT2D eigenvalue weighted by molar-refractivity contribution is 7.86. The highest BCUT2D eigenvalue weighted by atomic mass is 32.2. The number of ether oxygens (including phenoxy) is 1. The van der Waals surface area contributed by atoms with E-state index >= 15 is 0 Å². The largest absolute Gasteiger partial charge is 0.493 e. The van der Waals surface area contributed by atoms with Crippen molar-refractivity contribution in [1.82, 2.24) is 9.38 Å². The number of hydrogen-bond acceptors (Lipinski definition) is 16. The van der Waals surface area contributed by atoms with E-state index in [-0.39, 0.29) is 74.9 Å². The Morgan fingerprint density at radius 2 is 1.49 bits per heavy atom. The Balaban J connectivity index is 1.60. The van der Waals surface area contributed by atoms with Crippen molar-refractivity contribution < 1.29 is 48.8 Å². The minimum absolute atomic E-state index is 0.0226. The van der Waals surface area contributed by atoms with Gasteiger partial charge in [0.25, 0.3) is 30.4 Å². The van der Waals surface area contributed by atoms with E-state index in [0.29, 0.717) is 28.9 Å². The first kappa shape index (κ1) is 47.5. The summed E-state index contributed by atoms with van der Waals surface area (Å²) in [5.41, 5.74) is 1.02. The number of fused-ring (bicyclic) bond motifs is 1. The molecule has 5 rings (SSSR count). The van der Waals surface area contributed by atoms with Gasteiger partial charge in [-0.15, -0.1) is 15.3 Å². The first-order valence-corrected chi connectivity index (χ1v) is 23.1. The summed E-state index contributed by atoms with van der Waals surface area (Å²) in [4.78, 5) is 3.53. The Kier molecular flexibility index (Phi) is 14.2. The molecule has 0 unspecified atom stereocenters. The predicted octanol–water partition coefficient (Wildman–Crippen LogP) is 9.98. The van der Waals surface area contributed by atoms with Gasteiger partial charge in [-0.2, -0.15) is 45.9 Å². The van der Waals surface area contributed by atoms with Crippen molar-refractivity contribution in [1.29, 1.82) is 5.26 Å². The maximum Gasteiger partial charge on any atom is 0.296 e. The molecule has 0 saturated heterocycles. The monoisotopic (exact) mass is 919 g/mol. The smallest absolute Gasteiger partial charge is 0.296 e. The van der Waals surface area contributed by atoms with Crippen molar-refractivity contribution in [3.8, 4) is 17.7 Å². The molecule has 20 nitrogen and oxygen atoms in total. The first-order valence-electron chi connectivity index (χ1n) is 18.6. The van der Waals surface area contributed by atoms with Gasteiger partial charge in [0.1, 0.15) is 33.7 Å². The van der Waals surface area contributed by atoms with Gasteiger partial charge in [-0.1, -0.05) is 40.3 Å². The van der Waals surface area contributed by atoms with Crippen LogP contribution in [0.15, 0.2) is 108 Å². The van der Waals surface area contributed by atoms with Gasteiger partial charge >= 0.3 is 0 Å². The summed E-state index contributed by atoms with van der Waals surface area (Å²) in [6.07, 6.45) is 5.61. The van der Waals surface area contributed by atoms with Crippen molar-refractivity contribution in [2.45, 2.75) is 62.7 Å². The number of allylic oxidation sites excluding steroid dienone is 1. The molecule has 23 heteroatoms. The molecule has 3 aromatic carbocycles. The van der Waals surface area contributed by atoms with E-state index in [9.17, 15) is 49.3 Å². The number of aromatic hydroxyl groups is 1. The van der Waals surface area contributed by atoms with Gasteiger partial charge in [0.2, 0.25) is 5.88 Å². The topological polar surface area (TPSA) is 308 Å². The molecule has 0 spiro atoms. The van der Waals surface area contributed by atoms with Crippen LogP contribution in [-0.4, -0.2) is 65.8 Å². The molecular weight excluding hydrogens is 879 g/mol. The van der Waals surface area contributed by atoms with Crippen LogP contribution in [0.25, 0.3) is 17.8 Å². The number of benzene rings is 3. The number of hydrogen-bond donors (Lipinski definition) is 4. The normalized spacial score (nSPS) is 12.9. The number of aryl methyl sites for hydroxylation is 1. The van der Waals surface area contributed by atoms with E-state index in [1.165, 1.54) is 46.9 Å². The van der Waals surface area contributed by atoms with Crippen LogP contribution >= 0.6 is 0 Å². The number of nitrogens with zero attached hydrogens (tertiary/aromatic N) is 9. The average molecular weight is 920 g/mol. The quantitative estimate of drug-likeness (QED) is 0.0407. The Morgan fingerprint density at radius 1 is 0.857 bits per heavy atom. The number of pyridine rings is 1. The van der Waals surface area contributed by atoms with Gasteiger partial charge in [0.05, 0.1) is 45.7 Å². The molecule has 0 atom stereocenters. The average Bonchev–Trinajstić information content (AvgIpc) is 3.58. The van der Waals surface area contributed by atoms with Crippen LogP contribution in [0.2, 0.25) is 0 Å². The number of nitriles is 1. The van der Waals surface area contributed by atoms with E-state index in [1.54, 1.807) is 13.0 Å². The lowest BCUT2D eigenvalue weighted by atomic mass is 9.83. The van der Waals surface area contributed by atoms with Crippen molar-refractivity contribution >= 4 is 82.3 Å². The van der Waals surface area contributed by atoms with Crippen LogP contribution in [0.4, 0.5) is 34.1 Å². The summed E-state index contributed by atoms with van der Waals surface area (Å²) in [6, 6.07) is 13.2. The minimum Gasteiger partial charge on any atom is -0.493 e. The molecule has 0 saturated carbocycles. The summed E-state index contributed by atoms with van der Waals surface area (Å²) in [5, 5.41) is 47.2. The zero-order chi connectivity index (χ0) is 46.5. The second kappa shape index (κ2) is 18.8. The van der Waals surface area contributed by atoms with Gasteiger partial charge in [0.15, 0.2) is 11.3 Å². The molecule has 0 aliphatic rings. The van der Waals surface area contributed by atoms with Crippen molar-refractivity contribution in [3.63, 3.8) is 0 Å². The molecule has 2 aromatic heterocycles. The third-order valence-corrected chi connectivity index (χ3v) is 11.4. The van der Waals surface area contributed by atoms with Gasteiger partial charge < -0.3 is 9.84 Å². The molecule has 63 heavy (non-hydrogen) atoms. The summed E-state index contributed by atoms with van der Waals surface area (Å²) >= 11 is 0. The van der Waals surface area contributed by atoms with Gasteiger partial charge in [-0.3, -0.25) is 18.1 Å². The fourth-order valence-corrected chi connectivity index (χ4v) is 7.61. The Hall–Kier alpha value is -6.55. The fourth-order valence-electron chi connectivity index (χ4n) is 6.00. The Morgan fingerprint density at radius 3 is 2.08 bits per heavy atom. The number of azo groups is 3. The van der Waals surface area contributed by atoms with Crippen LogP contribution in [0.3, 0.4) is 0 Å². The van der Waals surface area contributed by atoms with E-state index in [0.717, 1.165) is 18.2 Å².